The summed E-state index contributed by atoms with van der Waals surface area (Å²) in [5, 5.41) is 0. The number of nitrogens with two attached hydrogens (primary N) is 1. The molecule has 0 spiro atoms. The number of benzene rings is 1. The van der Waals surface area contributed by atoms with E-state index < -0.39 is 0 Å². The molecule has 4 heteroatoms. The van der Waals surface area contributed by atoms with Crippen molar-refractivity contribution in [2.24, 2.45) is 5.73 Å². The summed E-state index contributed by atoms with van der Waals surface area (Å²) < 4.78 is 24.5. The Morgan fingerprint density at radius 1 is 1.31 bits per heavy atom. The highest BCUT2D eigenvalue weighted by molar-refractivity contribution is 5.48. The van der Waals surface area contributed by atoms with Gasteiger partial charge in [0.25, 0.3) is 0 Å². The monoisotopic (exact) mass is 223 g/mol. The second kappa shape index (κ2) is 3.35. The van der Waals surface area contributed by atoms with E-state index in [1.165, 1.54) is 0 Å². The predicted octanol–water partition coefficient (Wildman–Crippen LogP) is 1.93. The minimum atomic E-state index is -0.292. The Labute approximate surface area is 93.3 Å². The van der Waals surface area contributed by atoms with Crippen LogP contribution >= 0.6 is 0 Å². The number of fused-ring (bicyclic) bond motifs is 1. The number of hydrogen-bond donors (Lipinski definition) is 1. The summed E-state index contributed by atoms with van der Waals surface area (Å²) in [7, 11) is 0. The van der Waals surface area contributed by atoms with Crippen LogP contribution in [0.3, 0.4) is 0 Å². The third kappa shape index (κ3) is 1.16. The van der Waals surface area contributed by atoms with Gasteiger partial charge in [0.05, 0.1) is 0 Å². The van der Waals surface area contributed by atoms with Crippen molar-refractivity contribution >= 4 is 0 Å². The second-order valence-electron chi connectivity index (χ2n) is 4.50. The fourth-order valence-electron chi connectivity index (χ4n) is 2.53. The third-order valence-electron chi connectivity index (χ3n) is 3.75. The first-order chi connectivity index (χ1) is 7.77. The fraction of sp³-hybridized carbons (Fsp3) is 0.500. The van der Waals surface area contributed by atoms with Crippen molar-refractivity contribution in [3.8, 4) is 11.5 Å². The molecule has 0 amide bonds. The van der Waals surface area contributed by atoms with E-state index in [1.54, 1.807) is 12.1 Å². The number of hydrogen-bond acceptors (Lipinski definition) is 3. The molecule has 0 bridgehead atoms. The van der Waals surface area contributed by atoms with Crippen LogP contribution in [0.25, 0.3) is 0 Å². The predicted molar refractivity (Wildman–Crippen MR) is 57.1 cm³/mol. The van der Waals surface area contributed by atoms with E-state index in [-0.39, 0.29) is 23.8 Å². The molecule has 86 valence electrons. The smallest absolute Gasteiger partial charge is 0.231 e. The van der Waals surface area contributed by atoms with Crippen LogP contribution in [0.4, 0.5) is 4.39 Å². The van der Waals surface area contributed by atoms with E-state index >= 15 is 0 Å². The number of halogens is 1. The molecule has 1 aliphatic heterocycles. The van der Waals surface area contributed by atoms with Crippen LogP contribution in [-0.4, -0.2) is 13.3 Å². The van der Waals surface area contributed by atoms with E-state index in [1.807, 2.05) is 0 Å². The molecule has 2 N–H and O–H groups in total. The molecule has 1 fully saturated rings. The summed E-state index contributed by atoms with van der Waals surface area (Å²) in [5.41, 5.74) is 6.29. The molecule has 1 aliphatic carbocycles. The second-order valence-corrected chi connectivity index (χ2v) is 4.50. The maximum atomic E-state index is 14.2. The molecule has 0 saturated heterocycles. The van der Waals surface area contributed by atoms with Crippen molar-refractivity contribution in [3.63, 3.8) is 0 Å². The lowest BCUT2D eigenvalue weighted by Crippen LogP contribution is -2.42. The molecule has 0 aromatic heterocycles. The van der Waals surface area contributed by atoms with Crippen LogP contribution in [0.2, 0.25) is 0 Å². The highest BCUT2D eigenvalue weighted by Crippen LogP contribution is 2.47. The van der Waals surface area contributed by atoms with Gasteiger partial charge in [-0.3, -0.25) is 0 Å². The molecule has 0 atom stereocenters. The molecule has 16 heavy (non-hydrogen) atoms. The fourth-order valence-corrected chi connectivity index (χ4v) is 2.53. The number of ether oxygens (including phenoxy) is 2. The van der Waals surface area contributed by atoms with Crippen LogP contribution < -0.4 is 15.2 Å². The summed E-state index contributed by atoms with van der Waals surface area (Å²) in [5.74, 6) is 0.449. The first kappa shape index (κ1) is 9.90. The minimum absolute atomic E-state index is 0.103. The van der Waals surface area contributed by atoms with Gasteiger partial charge in [0.15, 0.2) is 11.6 Å². The van der Waals surface area contributed by atoms with Crippen molar-refractivity contribution in [2.75, 3.05) is 13.3 Å². The van der Waals surface area contributed by atoms with Crippen LogP contribution in [-0.2, 0) is 5.41 Å². The lowest BCUT2D eigenvalue weighted by Gasteiger charge is -2.41. The Balaban J connectivity index is 2.08. The summed E-state index contributed by atoms with van der Waals surface area (Å²) in [6.07, 6.45) is 3.03. The molecule has 1 aromatic carbocycles. The van der Waals surface area contributed by atoms with E-state index in [0.29, 0.717) is 17.9 Å². The summed E-state index contributed by atoms with van der Waals surface area (Å²) in [6.45, 7) is 0.592. The number of rotatable bonds is 2. The van der Waals surface area contributed by atoms with Gasteiger partial charge in [-0.1, -0.05) is 12.5 Å². The van der Waals surface area contributed by atoms with Gasteiger partial charge >= 0.3 is 0 Å². The molecule has 3 rings (SSSR count). The molecule has 3 nitrogen and oxygen atoms in total. The van der Waals surface area contributed by atoms with E-state index in [0.717, 1.165) is 19.3 Å². The normalized spacial score (nSPS) is 20.6. The van der Waals surface area contributed by atoms with Gasteiger partial charge in [0.2, 0.25) is 12.5 Å². The zero-order valence-corrected chi connectivity index (χ0v) is 8.96. The van der Waals surface area contributed by atoms with Gasteiger partial charge in [0.1, 0.15) is 0 Å². The Morgan fingerprint density at radius 2 is 2.12 bits per heavy atom. The highest BCUT2D eigenvalue weighted by Gasteiger charge is 2.41. The summed E-state index contributed by atoms with van der Waals surface area (Å²) in [4.78, 5) is 0. The van der Waals surface area contributed by atoms with Crippen LogP contribution in [0.5, 0.6) is 11.5 Å². The molecular weight excluding hydrogens is 209 g/mol. The molecule has 1 aromatic rings. The topological polar surface area (TPSA) is 44.5 Å². The van der Waals surface area contributed by atoms with Crippen molar-refractivity contribution < 1.29 is 13.9 Å². The van der Waals surface area contributed by atoms with Gasteiger partial charge in [0, 0.05) is 12.0 Å². The standard InChI is InChI=1S/C12H14FNO2/c13-10-8(12(6-14)4-1-5-12)2-3-9-11(10)16-7-15-9/h2-3H,1,4-7,14H2. The minimum Gasteiger partial charge on any atom is -0.453 e. The Morgan fingerprint density at radius 3 is 2.75 bits per heavy atom. The van der Waals surface area contributed by atoms with Gasteiger partial charge in [-0.15, -0.1) is 0 Å². The third-order valence-corrected chi connectivity index (χ3v) is 3.75. The quantitative estimate of drug-likeness (QED) is 0.833. The van der Waals surface area contributed by atoms with E-state index in [2.05, 4.69) is 0 Å². The highest BCUT2D eigenvalue weighted by atomic mass is 19.1. The van der Waals surface area contributed by atoms with Crippen LogP contribution in [0, 0.1) is 5.82 Å². The van der Waals surface area contributed by atoms with Gasteiger partial charge in [-0.2, -0.15) is 0 Å². The molecule has 2 aliphatic rings. The zero-order valence-electron chi connectivity index (χ0n) is 8.96. The van der Waals surface area contributed by atoms with Gasteiger partial charge in [-0.05, 0) is 24.5 Å². The molecule has 0 unspecified atom stereocenters. The SMILES string of the molecule is NCC1(c2ccc3c(c2F)OCO3)CCC1. The Kier molecular flexibility index (Phi) is 2.07. The molecule has 1 saturated carbocycles. The first-order valence-corrected chi connectivity index (χ1v) is 5.55. The van der Waals surface area contributed by atoms with Gasteiger partial charge in [-0.25, -0.2) is 4.39 Å². The van der Waals surface area contributed by atoms with E-state index in [9.17, 15) is 4.39 Å². The Bertz CT molecular complexity index is 424. The van der Waals surface area contributed by atoms with E-state index in [4.69, 9.17) is 15.2 Å². The average Bonchev–Trinajstić information content (AvgIpc) is 2.69. The maximum Gasteiger partial charge on any atom is 0.231 e. The first-order valence-electron chi connectivity index (χ1n) is 5.55. The van der Waals surface area contributed by atoms with Crippen molar-refractivity contribution in [1.29, 1.82) is 0 Å². The largest absolute Gasteiger partial charge is 0.453 e. The average molecular weight is 223 g/mol. The summed E-state index contributed by atoms with van der Waals surface area (Å²) >= 11 is 0. The Hall–Kier alpha value is -1.29. The lowest BCUT2D eigenvalue weighted by atomic mass is 9.64. The van der Waals surface area contributed by atoms with Crippen LogP contribution in [0.15, 0.2) is 12.1 Å². The van der Waals surface area contributed by atoms with Gasteiger partial charge < -0.3 is 15.2 Å². The zero-order chi connectivity index (χ0) is 11.2. The van der Waals surface area contributed by atoms with Crippen molar-refractivity contribution in [2.45, 2.75) is 24.7 Å². The lowest BCUT2D eigenvalue weighted by molar-refractivity contribution is 0.170. The summed E-state index contributed by atoms with van der Waals surface area (Å²) in [6, 6.07) is 3.56. The molecule has 1 heterocycles. The van der Waals surface area contributed by atoms with Crippen molar-refractivity contribution in [3.05, 3.63) is 23.5 Å². The van der Waals surface area contributed by atoms with Crippen LogP contribution in [0.1, 0.15) is 24.8 Å². The molecular formula is C12H14FNO2. The van der Waals surface area contributed by atoms with Crippen molar-refractivity contribution in [1.82, 2.24) is 0 Å². The molecule has 0 radical (unpaired) electrons. The maximum absolute atomic E-state index is 14.2.